The highest BCUT2D eigenvalue weighted by Gasteiger charge is 2.35. The fourth-order valence-corrected chi connectivity index (χ4v) is 3.58. The summed E-state index contributed by atoms with van der Waals surface area (Å²) < 4.78 is 11.4. The average molecular weight is 278 g/mol. The zero-order valence-electron chi connectivity index (χ0n) is 11.8. The second-order valence-electron chi connectivity index (χ2n) is 6.15. The smallest absolute Gasteiger partial charge is 0.231 e. The molecule has 20 heavy (non-hydrogen) atoms. The highest BCUT2D eigenvalue weighted by molar-refractivity contribution is 5.01. The lowest BCUT2D eigenvalue weighted by Gasteiger charge is -2.33. The Labute approximate surface area is 118 Å². The van der Waals surface area contributed by atoms with E-state index in [1.54, 1.807) is 0 Å². The molecule has 0 radical (unpaired) electrons. The summed E-state index contributed by atoms with van der Waals surface area (Å²) in [5.74, 6) is 1.88. The van der Waals surface area contributed by atoms with Crippen molar-refractivity contribution in [1.29, 1.82) is 0 Å². The van der Waals surface area contributed by atoms with Gasteiger partial charge in [-0.25, -0.2) is 0 Å². The van der Waals surface area contributed by atoms with Crippen LogP contribution in [0.2, 0.25) is 0 Å². The maximum atomic E-state index is 5.94. The van der Waals surface area contributed by atoms with Crippen LogP contribution in [0.3, 0.4) is 0 Å². The Balaban J connectivity index is 1.44. The molecule has 3 saturated heterocycles. The normalized spacial score (nSPS) is 35.1. The Morgan fingerprint density at radius 1 is 1.25 bits per heavy atom. The molecule has 0 spiro atoms. The standard InChI is InChI=1S/C14H22N4O2/c1-3-10(7-15-5-1)14-16-13(17-20-14)12-8-18-6-2-4-11(18)9-19-12/h10-12,15H,1-9H2/t10-,11?,12?/m0/s1. The summed E-state index contributed by atoms with van der Waals surface area (Å²) >= 11 is 0. The van der Waals surface area contributed by atoms with Crippen LogP contribution < -0.4 is 5.32 Å². The van der Waals surface area contributed by atoms with Crippen LogP contribution in [0.5, 0.6) is 0 Å². The number of ether oxygens (including phenoxy) is 1. The second kappa shape index (κ2) is 5.42. The van der Waals surface area contributed by atoms with Crippen LogP contribution in [0.4, 0.5) is 0 Å². The highest BCUT2D eigenvalue weighted by Crippen LogP contribution is 2.30. The molecule has 0 amide bonds. The van der Waals surface area contributed by atoms with Crippen molar-refractivity contribution in [3.8, 4) is 0 Å². The predicted molar refractivity (Wildman–Crippen MR) is 72.4 cm³/mol. The first kappa shape index (κ1) is 12.7. The number of nitrogens with one attached hydrogen (secondary N) is 1. The van der Waals surface area contributed by atoms with Gasteiger partial charge in [-0.15, -0.1) is 0 Å². The largest absolute Gasteiger partial charge is 0.367 e. The summed E-state index contributed by atoms with van der Waals surface area (Å²) in [5, 5.41) is 7.55. The molecule has 2 unspecified atom stereocenters. The van der Waals surface area contributed by atoms with E-state index in [0.717, 1.165) is 44.4 Å². The summed E-state index contributed by atoms with van der Waals surface area (Å²) in [6.45, 7) is 4.94. The molecule has 4 rings (SSSR count). The zero-order valence-corrected chi connectivity index (χ0v) is 11.8. The minimum absolute atomic E-state index is 0.0154. The van der Waals surface area contributed by atoms with Crippen molar-refractivity contribution in [3.05, 3.63) is 11.7 Å². The van der Waals surface area contributed by atoms with Gasteiger partial charge < -0.3 is 14.6 Å². The summed E-state index contributed by atoms with van der Waals surface area (Å²) in [5.41, 5.74) is 0. The van der Waals surface area contributed by atoms with E-state index in [1.807, 2.05) is 0 Å². The van der Waals surface area contributed by atoms with Gasteiger partial charge in [0.15, 0.2) is 0 Å². The Kier molecular flexibility index (Phi) is 3.45. The van der Waals surface area contributed by atoms with Gasteiger partial charge >= 0.3 is 0 Å². The molecule has 0 aromatic carbocycles. The minimum Gasteiger partial charge on any atom is -0.367 e. The first-order valence-corrected chi connectivity index (χ1v) is 7.80. The molecular formula is C14H22N4O2. The summed E-state index contributed by atoms with van der Waals surface area (Å²) in [6.07, 6.45) is 4.84. The van der Waals surface area contributed by atoms with Crippen LogP contribution in [0.1, 0.15) is 49.4 Å². The van der Waals surface area contributed by atoms with Crippen molar-refractivity contribution in [2.45, 2.75) is 43.7 Å². The van der Waals surface area contributed by atoms with Gasteiger partial charge in [0.05, 0.1) is 12.5 Å². The number of piperidine rings is 1. The highest BCUT2D eigenvalue weighted by atomic mass is 16.5. The topological polar surface area (TPSA) is 63.4 Å². The van der Waals surface area contributed by atoms with E-state index >= 15 is 0 Å². The van der Waals surface area contributed by atoms with Crippen LogP contribution in [-0.2, 0) is 4.74 Å². The van der Waals surface area contributed by atoms with E-state index in [1.165, 1.54) is 25.8 Å². The molecule has 1 N–H and O–H groups in total. The molecule has 110 valence electrons. The lowest BCUT2D eigenvalue weighted by molar-refractivity contribution is -0.0548. The fraction of sp³-hybridized carbons (Fsp3) is 0.857. The predicted octanol–water partition coefficient (Wildman–Crippen LogP) is 1.07. The number of nitrogens with zero attached hydrogens (tertiary/aromatic N) is 3. The Hall–Kier alpha value is -0.980. The molecule has 4 heterocycles. The Bertz CT molecular complexity index is 458. The van der Waals surface area contributed by atoms with E-state index in [4.69, 9.17) is 9.26 Å². The molecule has 0 saturated carbocycles. The molecule has 6 nitrogen and oxygen atoms in total. The number of hydrogen-bond donors (Lipinski definition) is 1. The second-order valence-corrected chi connectivity index (χ2v) is 6.15. The number of fused-ring (bicyclic) bond motifs is 1. The molecule has 1 aromatic rings. The van der Waals surface area contributed by atoms with E-state index in [0.29, 0.717) is 12.0 Å². The van der Waals surface area contributed by atoms with Crippen molar-refractivity contribution < 1.29 is 9.26 Å². The van der Waals surface area contributed by atoms with Crippen molar-refractivity contribution in [3.63, 3.8) is 0 Å². The van der Waals surface area contributed by atoms with E-state index in [9.17, 15) is 0 Å². The van der Waals surface area contributed by atoms with Crippen LogP contribution in [0.15, 0.2) is 4.52 Å². The van der Waals surface area contributed by atoms with Crippen molar-refractivity contribution >= 4 is 0 Å². The Morgan fingerprint density at radius 2 is 2.25 bits per heavy atom. The lowest BCUT2D eigenvalue weighted by Crippen LogP contribution is -2.42. The molecule has 3 atom stereocenters. The molecule has 3 aliphatic rings. The van der Waals surface area contributed by atoms with Crippen LogP contribution in [0.25, 0.3) is 0 Å². The van der Waals surface area contributed by atoms with Gasteiger partial charge in [0.25, 0.3) is 0 Å². The van der Waals surface area contributed by atoms with E-state index in [-0.39, 0.29) is 6.10 Å². The van der Waals surface area contributed by atoms with Gasteiger partial charge in [-0.1, -0.05) is 5.16 Å². The van der Waals surface area contributed by atoms with Gasteiger partial charge in [-0.05, 0) is 38.8 Å². The molecule has 6 heteroatoms. The number of aromatic nitrogens is 2. The number of hydrogen-bond acceptors (Lipinski definition) is 6. The minimum atomic E-state index is -0.0154. The van der Waals surface area contributed by atoms with Crippen LogP contribution >= 0.6 is 0 Å². The molecule has 0 aliphatic carbocycles. The summed E-state index contributed by atoms with van der Waals surface area (Å²) in [4.78, 5) is 7.11. The monoisotopic (exact) mass is 278 g/mol. The summed E-state index contributed by atoms with van der Waals surface area (Å²) in [7, 11) is 0. The average Bonchev–Trinajstić information content (AvgIpc) is 3.16. The molecule has 0 bridgehead atoms. The molecule has 1 aromatic heterocycles. The number of morpholine rings is 1. The lowest BCUT2D eigenvalue weighted by atomic mass is 10.00. The number of rotatable bonds is 2. The molecule has 3 fully saturated rings. The third-order valence-corrected chi connectivity index (χ3v) is 4.78. The van der Waals surface area contributed by atoms with Crippen molar-refractivity contribution in [1.82, 2.24) is 20.4 Å². The quantitative estimate of drug-likeness (QED) is 0.873. The third kappa shape index (κ3) is 2.36. The first-order valence-electron chi connectivity index (χ1n) is 7.80. The van der Waals surface area contributed by atoms with Gasteiger partial charge in [-0.2, -0.15) is 4.98 Å². The van der Waals surface area contributed by atoms with Crippen molar-refractivity contribution in [2.75, 3.05) is 32.8 Å². The zero-order chi connectivity index (χ0) is 13.4. The SMILES string of the molecule is C1CNC[C@@H](c2nc(C3CN4CCCC4CO3)no2)C1. The van der Waals surface area contributed by atoms with Gasteiger partial charge in [-0.3, -0.25) is 4.90 Å². The van der Waals surface area contributed by atoms with Crippen LogP contribution in [-0.4, -0.2) is 53.9 Å². The Morgan fingerprint density at radius 3 is 3.15 bits per heavy atom. The molecular weight excluding hydrogens is 256 g/mol. The van der Waals surface area contributed by atoms with Gasteiger partial charge in [0.1, 0.15) is 6.10 Å². The third-order valence-electron chi connectivity index (χ3n) is 4.78. The van der Waals surface area contributed by atoms with Crippen LogP contribution in [0, 0.1) is 0 Å². The maximum Gasteiger partial charge on any atom is 0.231 e. The maximum absolute atomic E-state index is 5.94. The van der Waals surface area contributed by atoms with E-state index < -0.39 is 0 Å². The first-order chi connectivity index (χ1) is 9.90. The van der Waals surface area contributed by atoms with E-state index in [2.05, 4.69) is 20.4 Å². The van der Waals surface area contributed by atoms with Gasteiger partial charge in [0, 0.05) is 19.1 Å². The summed E-state index contributed by atoms with van der Waals surface area (Å²) in [6, 6.07) is 0.611. The van der Waals surface area contributed by atoms with Gasteiger partial charge in [0.2, 0.25) is 11.7 Å². The van der Waals surface area contributed by atoms with Crippen molar-refractivity contribution in [2.24, 2.45) is 0 Å². The molecule has 3 aliphatic heterocycles. The fourth-order valence-electron chi connectivity index (χ4n) is 3.58.